The predicted octanol–water partition coefficient (Wildman–Crippen LogP) is 2.38. The molecule has 0 bridgehead atoms. The zero-order chi connectivity index (χ0) is 13.2. The molecular weight excluding hydrogens is 238 g/mol. The second-order valence-corrected chi connectivity index (χ2v) is 4.70. The normalized spacial score (nSPS) is 17.6. The number of rotatable bonds is 3. The molecule has 0 saturated heterocycles. The van der Waals surface area contributed by atoms with E-state index in [4.69, 9.17) is 0 Å². The molecule has 0 radical (unpaired) electrons. The summed E-state index contributed by atoms with van der Waals surface area (Å²) in [5, 5.41) is 10.2. The van der Waals surface area contributed by atoms with Gasteiger partial charge < -0.3 is 10.0 Å². The molecule has 2 aromatic carbocycles. The van der Waals surface area contributed by atoms with Crippen LogP contribution in [0.25, 0.3) is 0 Å². The van der Waals surface area contributed by atoms with Crippen LogP contribution in [0, 0.1) is 0 Å². The van der Waals surface area contributed by atoms with Crippen LogP contribution in [0.2, 0.25) is 0 Å². The van der Waals surface area contributed by atoms with E-state index in [0.717, 1.165) is 6.42 Å². The molecule has 0 aliphatic carbocycles. The van der Waals surface area contributed by atoms with Gasteiger partial charge in [-0.1, -0.05) is 48.5 Å². The molecule has 1 aliphatic heterocycles. The summed E-state index contributed by atoms with van der Waals surface area (Å²) in [4.78, 5) is 13.7. The van der Waals surface area contributed by atoms with Crippen molar-refractivity contribution in [3.63, 3.8) is 0 Å². The van der Waals surface area contributed by atoms with Crippen LogP contribution in [-0.2, 0) is 6.42 Å². The van der Waals surface area contributed by atoms with Gasteiger partial charge in [-0.2, -0.15) is 0 Å². The fourth-order valence-corrected chi connectivity index (χ4v) is 2.47. The monoisotopic (exact) mass is 253 g/mol. The molecule has 0 aromatic heterocycles. The highest BCUT2D eigenvalue weighted by molar-refractivity contribution is 5.98. The number of carbonyl (C=O) groups excluding carboxylic acids is 1. The number of hydrogen-bond donors (Lipinski definition) is 1. The molecule has 3 heteroatoms. The first-order valence-corrected chi connectivity index (χ1v) is 6.39. The number of benzene rings is 2. The summed E-state index contributed by atoms with van der Waals surface area (Å²) >= 11 is 0. The molecule has 0 fully saturated rings. The Morgan fingerprint density at radius 2 is 1.68 bits per heavy atom. The maximum absolute atomic E-state index is 12.2. The van der Waals surface area contributed by atoms with Crippen LogP contribution in [0.3, 0.4) is 0 Å². The molecule has 3 rings (SSSR count). The Morgan fingerprint density at radius 1 is 1.00 bits per heavy atom. The van der Waals surface area contributed by atoms with E-state index in [0.29, 0.717) is 17.7 Å². The van der Waals surface area contributed by atoms with E-state index in [2.05, 4.69) is 0 Å². The molecular formula is C16H15NO2. The summed E-state index contributed by atoms with van der Waals surface area (Å²) in [6.07, 6.45) is -0.0649. The lowest BCUT2D eigenvalue weighted by atomic mass is 10.1. The Kier molecular flexibility index (Phi) is 3.05. The lowest BCUT2D eigenvalue weighted by Crippen LogP contribution is -2.30. The fourth-order valence-electron chi connectivity index (χ4n) is 2.47. The molecule has 19 heavy (non-hydrogen) atoms. The molecule has 1 aliphatic rings. The molecule has 0 spiro atoms. The van der Waals surface area contributed by atoms with E-state index in [1.165, 1.54) is 10.5 Å². The topological polar surface area (TPSA) is 40.5 Å². The first-order chi connectivity index (χ1) is 9.27. The number of fused-ring (bicyclic) bond motifs is 1. The van der Waals surface area contributed by atoms with Crippen LogP contribution < -0.4 is 0 Å². The molecule has 1 amide bonds. The van der Waals surface area contributed by atoms with Gasteiger partial charge in [0, 0.05) is 17.7 Å². The van der Waals surface area contributed by atoms with E-state index < -0.39 is 6.23 Å². The van der Waals surface area contributed by atoms with Gasteiger partial charge in [0.05, 0.1) is 0 Å². The van der Waals surface area contributed by atoms with Crippen molar-refractivity contribution in [2.75, 3.05) is 6.54 Å². The average molecular weight is 253 g/mol. The number of carbonyl (C=O) groups is 1. The van der Waals surface area contributed by atoms with Gasteiger partial charge in [0.2, 0.25) is 0 Å². The Labute approximate surface area is 112 Å². The zero-order valence-corrected chi connectivity index (χ0v) is 10.5. The van der Waals surface area contributed by atoms with Crippen molar-refractivity contribution in [2.45, 2.75) is 12.6 Å². The van der Waals surface area contributed by atoms with Crippen LogP contribution in [-0.4, -0.2) is 22.5 Å². The van der Waals surface area contributed by atoms with E-state index in [1.54, 1.807) is 12.1 Å². The van der Waals surface area contributed by atoms with Gasteiger partial charge in [-0.25, -0.2) is 0 Å². The Hall–Kier alpha value is -2.13. The van der Waals surface area contributed by atoms with Crippen molar-refractivity contribution in [2.24, 2.45) is 0 Å². The lowest BCUT2D eigenvalue weighted by molar-refractivity contribution is 0.0182. The Balaban J connectivity index is 1.76. The minimum Gasteiger partial charge on any atom is -0.369 e. The van der Waals surface area contributed by atoms with E-state index >= 15 is 0 Å². The Bertz CT molecular complexity index is 595. The first-order valence-electron chi connectivity index (χ1n) is 6.39. The van der Waals surface area contributed by atoms with E-state index in [1.807, 2.05) is 42.5 Å². The molecule has 1 atom stereocenters. The molecule has 1 heterocycles. The first kappa shape index (κ1) is 11.9. The van der Waals surface area contributed by atoms with Gasteiger partial charge >= 0.3 is 0 Å². The maximum atomic E-state index is 12.2. The molecule has 3 nitrogen and oxygen atoms in total. The summed E-state index contributed by atoms with van der Waals surface area (Å²) in [6.45, 7) is 0.526. The number of aliphatic hydroxyl groups excluding tert-OH is 1. The van der Waals surface area contributed by atoms with Crippen LogP contribution in [0.4, 0.5) is 0 Å². The summed E-state index contributed by atoms with van der Waals surface area (Å²) in [5.41, 5.74) is 2.49. The van der Waals surface area contributed by atoms with Crippen LogP contribution in [0.5, 0.6) is 0 Å². The van der Waals surface area contributed by atoms with Crippen molar-refractivity contribution < 1.29 is 9.90 Å². The SMILES string of the molecule is O=C1c2ccccc2C(O)N1CCc1ccccc1. The molecule has 1 unspecified atom stereocenters. The number of amides is 1. The second-order valence-electron chi connectivity index (χ2n) is 4.70. The van der Waals surface area contributed by atoms with Crippen molar-refractivity contribution in [3.05, 3.63) is 71.3 Å². The average Bonchev–Trinajstić information content (AvgIpc) is 2.71. The van der Waals surface area contributed by atoms with Gasteiger partial charge in [-0.3, -0.25) is 4.79 Å². The second kappa shape index (κ2) is 4.86. The van der Waals surface area contributed by atoms with Gasteiger partial charge in [-0.15, -0.1) is 0 Å². The fraction of sp³-hybridized carbons (Fsp3) is 0.188. The third-order valence-electron chi connectivity index (χ3n) is 3.51. The Morgan fingerprint density at radius 3 is 2.42 bits per heavy atom. The molecule has 1 N–H and O–H groups in total. The lowest BCUT2D eigenvalue weighted by Gasteiger charge is -2.20. The summed E-state index contributed by atoms with van der Waals surface area (Å²) in [7, 11) is 0. The minimum absolute atomic E-state index is 0.0842. The largest absolute Gasteiger partial charge is 0.369 e. The highest BCUT2D eigenvalue weighted by Gasteiger charge is 2.34. The molecule has 0 saturated carbocycles. The quantitative estimate of drug-likeness (QED) is 0.912. The van der Waals surface area contributed by atoms with E-state index in [-0.39, 0.29) is 5.91 Å². The zero-order valence-electron chi connectivity index (χ0n) is 10.5. The van der Waals surface area contributed by atoms with Crippen molar-refractivity contribution >= 4 is 5.91 Å². The van der Waals surface area contributed by atoms with Gasteiger partial charge in [0.15, 0.2) is 6.23 Å². The van der Waals surface area contributed by atoms with Crippen LogP contribution >= 0.6 is 0 Å². The van der Waals surface area contributed by atoms with Crippen molar-refractivity contribution in [1.82, 2.24) is 4.90 Å². The minimum atomic E-state index is -0.813. The van der Waals surface area contributed by atoms with Gasteiger partial charge in [0.1, 0.15) is 0 Å². The van der Waals surface area contributed by atoms with Gasteiger partial charge in [-0.05, 0) is 18.1 Å². The number of hydrogen-bond acceptors (Lipinski definition) is 2. The van der Waals surface area contributed by atoms with Crippen molar-refractivity contribution in [1.29, 1.82) is 0 Å². The van der Waals surface area contributed by atoms with Gasteiger partial charge in [0.25, 0.3) is 5.91 Å². The summed E-state index contributed by atoms with van der Waals surface area (Å²) in [6, 6.07) is 17.2. The maximum Gasteiger partial charge on any atom is 0.256 e. The smallest absolute Gasteiger partial charge is 0.256 e. The predicted molar refractivity (Wildman–Crippen MR) is 72.6 cm³/mol. The molecule has 96 valence electrons. The van der Waals surface area contributed by atoms with Crippen molar-refractivity contribution in [3.8, 4) is 0 Å². The highest BCUT2D eigenvalue weighted by Crippen LogP contribution is 2.31. The summed E-state index contributed by atoms with van der Waals surface area (Å²) in [5.74, 6) is -0.0842. The van der Waals surface area contributed by atoms with Crippen LogP contribution in [0.15, 0.2) is 54.6 Å². The highest BCUT2D eigenvalue weighted by atomic mass is 16.3. The van der Waals surface area contributed by atoms with E-state index in [9.17, 15) is 9.90 Å². The van der Waals surface area contributed by atoms with Crippen LogP contribution in [0.1, 0.15) is 27.7 Å². The summed E-state index contributed by atoms with van der Waals surface area (Å²) < 4.78 is 0. The third kappa shape index (κ3) is 2.13. The third-order valence-corrected chi connectivity index (χ3v) is 3.51. The number of nitrogens with zero attached hydrogens (tertiary/aromatic N) is 1. The standard InChI is InChI=1S/C16H15NO2/c18-15-13-8-4-5-9-14(13)16(19)17(15)11-10-12-6-2-1-3-7-12/h1-9,15,18H,10-11H2. The number of aliphatic hydroxyl groups is 1. The molecule has 2 aromatic rings.